The van der Waals surface area contributed by atoms with E-state index >= 15 is 0 Å². The van der Waals surface area contributed by atoms with Gasteiger partial charge < -0.3 is 9.47 Å². The molecule has 0 saturated carbocycles. The summed E-state index contributed by atoms with van der Waals surface area (Å²) < 4.78 is 10.4. The SMILES string of the molecule is CC1CC2=C(CCCO2)[C@H]2C(=O)OC(=O)[C@@H]12. The number of allylic oxidation sites excluding steroid dienone is 1. The third kappa shape index (κ3) is 1.22. The van der Waals surface area contributed by atoms with Crippen LogP contribution >= 0.6 is 0 Å². The fraction of sp³-hybridized carbons (Fsp3) is 0.667. The van der Waals surface area contributed by atoms with Crippen LogP contribution in [0.5, 0.6) is 0 Å². The first-order valence-corrected chi connectivity index (χ1v) is 5.78. The molecule has 0 aromatic carbocycles. The Kier molecular flexibility index (Phi) is 2.06. The first kappa shape index (κ1) is 9.87. The van der Waals surface area contributed by atoms with Crippen molar-refractivity contribution < 1.29 is 19.1 Å². The second-order valence-corrected chi connectivity index (χ2v) is 4.83. The van der Waals surface area contributed by atoms with Crippen molar-refractivity contribution in [1.29, 1.82) is 0 Å². The number of hydrogen-bond donors (Lipinski definition) is 0. The summed E-state index contributed by atoms with van der Waals surface area (Å²) in [4.78, 5) is 23.3. The van der Waals surface area contributed by atoms with Gasteiger partial charge in [0.05, 0.1) is 24.2 Å². The maximum Gasteiger partial charge on any atom is 0.321 e. The van der Waals surface area contributed by atoms with E-state index in [1.54, 1.807) is 0 Å². The smallest absolute Gasteiger partial charge is 0.321 e. The predicted molar refractivity (Wildman–Crippen MR) is 54.1 cm³/mol. The van der Waals surface area contributed by atoms with Gasteiger partial charge in [-0.2, -0.15) is 0 Å². The summed E-state index contributed by atoms with van der Waals surface area (Å²) in [6, 6.07) is 0. The molecule has 4 heteroatoms. The van der Waals surface area contributed by atoms with Gasteiger partial charge in [-0.1, -0.05) is 6.92 Å². The number of cyclic esters (lactones) is 2. The largest absolute Gasteiger partial charge is 0.498 e. The molecule has 4 nitrogen and oxygen atoms in total. The van der Waals surface area contributed by atoms with Crippen molar-refractivity contribution in [2.24, 2.45) is 17.8 Å². The van der Waals surface area contributed by atoms with Gasteiger partial charge in [-0.3, -0.25) is 9.59 Å². The molecule has 0 bridgehead atoms. The van der Waals surface area contributed by atoms with Crippen LogP contribution in [0.2, 0.25) is 0 Å². The molecule has 16 heavy (non-hydrogen) atoms. The minimum absolute atomic E-state index is 0.140. The monoisotopic (exact) mass is 222 g/mol. The summed E-state index contributed by atoms with van der Waals surface area (Å²) in [5, 5.41) is 0. The Labute approximate surface area is 93.6 Å². The van der Waals surface area contributed by atoms with Crippen LogP contribution in [-0.4, -0.2) is 18.5 Å². The third-order valence-corrected chi connectivity index (χ3v) is 3.81. The standard InChI is InChI=1S/C12H14O4/c1-6-5-8-7(3-2-4-15-8)10-9(6)11(13)16-12(10)14/h6,9-10H,2-5H2,1H3/t6?,9-,10+/m0/s1. The van der Waals surface area contributed by atoms with Gasteiger partial charge in [0.2, 0.25) is 0 Å². The molecule has 1 fully saturated rings. The highest BCUT2D eigenvalue weighted by Gasteiger charge is 2.52. The Hall–Kier alpha value is -1.32. The number of hydrogen-bond acceptors (Lipinski definition) is 4. The molecule has 1 unspecified atom stereocenters. The van der Waals surface area contributed by atoms with Crippen molar-refractivity contribution in [3.63, 3.8) is 0 Å². The molecule has 3 rings (SSSR count). The average molecular weight is 222 g/mol. The fourth-order valence-corrected chi connectivity index (χ4v) is 3.06. The Morgan fingerprint density at radius 1 is 1.25 bits per heavy atom. The predicted octanol–water partition coefficient (Wildman–Crippen LogP) is 1.41. The summed E-state index contributed by atoms with van der Waals surface area (Å²) in [5.74, 6) is -0.272. The summed E-state index contributed by atoms with van der Waals surface area (Å²) >= 11 is 0. The lowest BCUT2D eigenvalue weighted by Crippen LogP contribution is -2.33. The molecule has 0 spiro atoms. The highest BCUT2D eigenvalue weighted by molar-refractivity contribution is 5.98. The van der Waals surface area contributed by atoms with Crippen LogP contribution in [0.25, 0.3) is 0 Å². The van der Waals surface area contributed by atoms with Crippen molar-refractivity contribution in [2.45, 2.75) is 26.2 Å². The van der Waals surface area contributed by atoms with E-state index in [0.717, 1.165) is 37.2 Å². The van der Waals surface area contributed by atoms with Crippen molar-refractivity contribution in [3.8, 4) is 0 Å². The van der Waals surface area contributed by atoms with Crippen molar-refractivity contribution in [2.75, 3.05) is 6.61 Å². The zero-order chi connectivity index (χ0) is 11.3. The molecule has 0 aromatic rings. The maximum absolute atomic E-state index is 11.7. The van der Waals surface area contributed by atoms with Gasteiger partial charge in [0.1, 0.15) is 0 Å². The number of carbonyl (C=O) groups is 2. The molecule has 86 valence electrons. The quantitative estimate of drug-likeness (QED) is 0.459. The lowest BCUT2D eigenvalue weighted by atomic mass is 9.71. The van der Waals surface area contributed by atoms with Crippen LogP contribution in [0.15, 0.2) is 11.3 Å². The molecule has 0 amide bonds. The lowest BCUT2D eigenvalue weighted by molar-refractivity contribution is -0.153. The van der Waals surface area contributed by atoms with Crippen molar-refractivity contribution >= 4 is 11.9 Å². The van der Waals surface area contributed by atoms with E-state index in [9.17, 15) is 9.59 Å². The molecule has 2 aliphatic heterocycles. The topological polar surface area (TPSA) is 52.6 Å². The van der Waals surface area contributed by atoms with Gasteiger partial charge in [0.25, 0.3) is 0 Å². The number of rotatable bonds is 0. The van der Waals surface area contributed by atoms with Crippen molar-refractivity contribution in [3.05, 3.63) is 11.3 Å². The summed E-state index contributed by atoms with van der Waals surface area (Å²) in [6.07, 6.45) is 2.56. The molecule has 3 atom stereocenters. The van der Waals surface area contributed by atoms with E-state index in [0.29, 0.717) is 0 Å². The average Bonchev–Trinajstić information content (AvgIpc) is 2.55. The van der Waals surface area contributed by atoms with E-state index in [1.807, 2.05) is 6.92 Å². The molecule has 1 saturated heterocycles. The van der Waals surface area contributed by atoms with Crippen LogP contribution in [-0.2, 0) is 19.1 Å². The normalized spacial score (nSPS) is 37.7. The molecule has 0 aromatic heterocycles. The second kappa shape index (κ2) is 3.34. The molecule has 2 heterocycles. The van der Waals surface area contributed by atoms with E-state index in [2.05, 4.69) is 0 Å². The van der Waals surface area contributed by atoms with Gasteiger partial charge >= 0.3 is 11.9 Å². The van der Waals surface area contributed by atoms with E-state index in [-0.39, 0.29) is 29.7 Å². The molecule has 0 N–H and O–H groups in total. The summed E-state index contributed by atoms with van der Waals surface area (Å²) in [7, 11) is 0. The van der Waals surface area contributed by atoms with Gasteiger partial charge in [-0.15, -0.1) is 0 Å². The minimum Gasteiger partial charge on any atom is -0.498 e. The van der Waals surface area contributed by atoms with E-state index in [1.165, 1.54) is 0 Å². The number of carbonyl (C=O) groups excluding carboxylic acids is 2. The van der Waals surface area contributed by atoms with Crippen LogP contribution in [0.3, 0.4) is 0 Å². The third-order valence-electron chi connectivity index (χ3n) is 3.81. The Balaban J connectivity index is 2.05. The second-order valence-electron chi connectivity index (χ2n) is 4.83. The molecule has 3 aliphatic rings. The summed E-state index contributed by atoms with van der Waals surface area (Å²) in [5.41, 5.74) is 1.02. The number of fused-ring (bicyclic) bond motifs is 2. The molecule has 1 aliphatic carbocycles. The van der Waals surface area contributed by atoms with Crippen LogP contribution in [0.4, 0.5) is 0 Å². The first-order chi connectivity index (χ1) is 7.68. The zero-order valence-electron chi connectivity index (χ0n) is 9.19. The Morgan fingerprint density at radius 3 is 2.88 bits per heavy atom. The molecular formula is C12H14O4. The first-order valence-electron chi connectivity index (χ1n) is 5.78. The van der Waals surface area contributed by atoms with Crippen molar-refractivity contribution in [1.82, 2.24) is 0 Å². The van der Waals surface area contributed by atoms with E-state index < -0.39 is 0 Å². The van der Waals surface area contributed by atoms with Crippen LogP contribution in [0, 0.1) is 17.8 Å². The zero-order valence-corrected chi connectivity index (χ0v) is 9.19. The highest BCUT2D eigenvalue weighted by atomic mass is 16.6. The van der Waals surface area contributed by atoms with E-state index in [4.69, 9.17) is 9.47 Å². The van der Waals surface area contributed by atoms with Gasteiger partial charge in [0.15, 0.2) is 0 Å². The fourth-order valence-electron chi connectivity index (χ4n) is 3.06. The Morgan fingerprint density at radius 2 is 2.06 bits per heavy atom. The minimum atomic E-state index is -0.375. The molecular weight excluding hydrogens is 208 g/mol. The van der Waals surface area contributed by atoms with Crippen LogP contribution < -0.4 is 0 Å². The molecule has 0 radical (unpaired) electrons. The lowest BCUT2D eigenvalue weighted by Gasteiger charge is -2.33. The maximum atomic E-state index is 11.7. The summed E-state index contributed by atoms with van der Waals surface area (Å²) in [6.45, 7) is 2.71. The highest BCUT2D eigenvalue weighted by Crippen LogP contribution is 2.46. The number of esters is 2. The van der Waals surface area contributed by atoms with Gasteiger partial charge in [-0.05, 0) is 24.3 Å². The van der Waals surface area contributed by atoms with Crippen LogP contribution in [0.1, 0.15) is 26.2 Å². The number of ether oxygens (including phenoxy) is 2. The van der Waals surface area contributed by atoms with Gasteiger partial charge in [0, 0.05) is 6.42 Å². The van der Waals surface area contributed by atoms with Gasteiger partial charge in [-0.25, -0.2) is 0 Å². The Bertz CT molecular complexity index is 396.